The molecule has 0 radical (unpaired) electrons. The summed E-state index contributed by atoms with van der Waals surface area (Å²) in [5.74, 6) is -2.96. The molecule has 0 unspecified atom stereocenters. The first-order chi connectivity index (χ1) is 22.2. The molecule has 10 nitrogen and oxygen atoms in total. The van der Waals surface area contributed by atoms with Gasteiger partial charge in [-0.15, -0.1) is 11.3 Å². The molecule has 11 heteroatoms. The number of thiophene rings is 1. The number of hydrogen-bond acceptors (Lipinski definition) is 8. The molecule has 0 aliphatic carbocycles. The minimum absolute atomic E-state index is 0.118. The number of para-hydroxylation sites is 2. The number of carboxylic acids is 2. The van der Waals surface area contributed by atoms with Crippen LogP contribution in [0.2, 0.25) is 0 Å². The van der Waals surface area contributed by atoms with Crippen LogP contribution >= 0.6 is 11.3 Å². The Morgan fingerprint density at radius 2 is 1.76 bits per heavy atom. The van der Waals surface area contributed by atoms with Crippen LogP contribution in [0.4, 0.5) is 0 Å². The topological polar surface area (TPSA) is 139 Å². The van der Waals surface area contributed by atoms with E-state index in [2.05, 4.69) is 4.98 Å². The number of hydrogen-bond donors (Lipinski definition) is 2. The number of allylic oxidation sites excluding steroid dienone is 1. The highest BCUT2D eigenvalue weighted by atomic mass is 32.1. The SMILES string of the molecule is C[C@@H]([C@@H](C/C=C/c1nc2ccccc2o1)c1ccc2c(c1)OCO2)N(Cc1cc2ccccc2s1)C(=O)C[C@H](CC(=O)O)C(=O)O. The second-order valence-electron chi connectivity index (χ2n) is 11.2. The molecule has 3 atom stereocenters. The Kier molecular flexibility index (Phi) is 9.02. The van der Waals surface area contributed by atoms with E-state index in [9.17, 15) is 24.6 Å². The number of rotatable bonds is 13. The number of carbonyl (C=O) groups is 3. The molecule has 236 valence electrons. The third-order valence-corrected chi connectivity index (χ3v) is 9.27. The Morgan fingerprint density at radius 3 is 2.54 bits per heavy atom. The lowest BCUT2D eigenvalue weighted by atomic mass is 9.87. The number of benzene rings is 3. The number of carboxylic acid groups (broad SMARTS) is 2. The van der Waals surface area contributed by atoms with Crippen LogP contribution in [0.5, 0.6) is 11.5 Å². The van der Waals surface area contributed by atoms with Crippen molar-refractivity contribution in [3.63, 3.8) is 0 Å². The van der Waals surface area contributed by atoms with Gasteiger partial charge in [0.1, 0.15) is 5.52 Å². The highest BCUT2D eigenvalue weighted by Crippen LogP contribution is 2.38. The van der Waals surface area contributed by atoms with Crippen LogP contribution in [-0.2, 0) is 20.9 Å². The van der Waals surface area contributed by atoms with Crippen LogP contribution in [0.15, 0.2) is 83.3 Å². The van der Waals surface area contributed by atoms with E-state index in [1.54, 1.807) is 22.3 Å². The number of aromatic nitrogens is 1. The van der Waals surface area contributed by atoms with Gasteiger partial charge in [-0.1, -0.05) is 42.5 Å². The summed E-state index contributed by atoms with van der Waals surface area (Å²) in [4.78, 5) is 44.5. The van der Waals surface area contributed by atoms with Gasteiger partial charge < -0.3 is 29.0 Å². The Balaban J connectivity index is 1.34. The maximum Gasteiger partial charge on any atom is 0.307 e. The van der Waals surface area contributed by atoms with Crippen molar-refractivity contribution in [2.75, 3.05) is 6.79 Å². The lowest BCUT2D eigenvalue weighted by molar-refractivity contribution is -0.151. The van der Waals surface area contributed by atoms with E-state index in [0.29, 0.717) is 29.4 Å². The van der Waals surface area contributed by atoms with Crippen LogP contribution in [0.1, 0.15) is 48.4 Å². The first-order valence-corrected chi connectivity index (χ1v) is 15.7. The van der Waals surface area contributed by atoms with Gasteiger partial charge in [-0.2, -0.15) is 0 Å². The second-order valence-corrected chi connectivity index (χ2v) is 12.4. The van der Waals surface area contributed by atoms with Crippen LogP contribution in [0.25, 0.3) is 27.3 Å². The van der Waals surface area contributed by atoms with Crippen LogP contribution in [0.3, 0.4) is 0 Å². The van der Waals surface area contributed by atoms with Crippen molar-refractivity contribution in [3.8, 4) is 11.5 Å². The summed E-state index contributed by atoms with van der Waals surface area (Å²) >= 11 is 1.56. The molecule has 2 aromatic heterocycles. The van der Waals surface area contributed by atoms with Gasteiger partial charge in [0.25, 0.3) is 0 Å². The Labute approximate surface area is 268 Å². The van der Waals surface area contributed by atoms with Gasteiger partial charge in [0.2, 0.25) is 18.6 Å². The fourth-order valence-corrected chi connectivity index (χ4v) is 6.84. The first-order valence-electron chi connectivity index (χ1n) is 14.9. The maximum atomic E-state index is 14.0. The zero-order valence-electron chi connectivity index (χ0n) is 25.0. The lowest BCUT2D eigenvalue weighted by Crippen LogP contribution is -2.42. The predicted octanol–water partition coefficient (Wildman–Crippen LogP) is 6.94. The predicted molar refractivity (Wildman–Crippen MR) is 173 cm³/mol. The summed E-state index contributed by atoms with van der Waals surface area (Å²) in [7, 11) is 0. The molecule has 1 amide bonds. The number of aliphatic carboxylic acids is 2. The number of fused-ring (bicyclic) bond motifs is 3. The van der Waals surface area contributed by atoms with E-state index in [4.69, 9.17) is 13.9 Å². The van der Waals surface area contributed by atoms with Gasteiger partial charge in [-0.3, -0.25) is 14.4 Å². The van der Waals surface area contributed by atoms with Gasteiger partial charge in [-0.25, -0.2) is 4.98 Å². The molecular weight excluding hydrogens is 608 g/mol. The van der Waals surface area contributed by atoms with E-state index < -0.39 is 42.6 Å². The highest BCUT2D eigenvalue weighted by molar-refractivity contribution is 7.19. The summed E-state index contributed by atoms with van der Waals surface area (Å²) in [5, 5.41) is 20.1. The van der Waals surface area contributed by atoms with Gasteiger partial charge in [0.05, 0.1) is 18.9 Å². The third kappa shape index (κ3) is 6.89. The van der Waals surface area contributed by atoms with Gasteiger partial charge in [-0.05, 0) is 66.8 Å². The van der Waals surface area contributed by atoms with Crippen LogP contribution in [-0.4, -0.2) is 50.8 Å². The van der Waals surface area contributed by atoms with E-state index in [-0.39, 0.29) is 19.3 Å². The molecule has 3 heterocycles. The maximum absolute atomic E-state index is 14.0. The van der Waals surface area contributed by atoms with E-state index >= 15 is 0 Å². The molecule has 1 aliphatic heterocycles. The number of oxazole rings is 1. The van der Waals surface area contributed by atoms with Crippen molar-refractivity contribution in [2.45, 2.75) is 44.7 Å². The number of nitrogens with zero attached hydrogens (tertiary/aromatic N) is 2. The summed E-state index contributed by atoms with van der Waals surface area (Å²) in [6.07, 6.45) is 3.14. The average molecular weight is 641 g/mol. The summed E-state index contributed by atoms with van der Waals surface area (Å²) in [6, 6.07) is 22.7. The fraction of sp³-hybridized carbons (Fsp3) is 0.257. The minimum Gasteiger partial charge on any atom is -0.481 e. The molecule has 0 fully saturated rings. The third-order valence-electron chi connectivity index (χ3n) is 8.17. The summed E-state index contributed by atoms with van der Waals surface area (Å²) in [5.41, 5.74) is 2.32. The zero-order chi connectivity index (χ0) is 32.2. The number of ether oxygens (including phenoxy) is 2. The van der Waals surface area contributed by atoms with Crippen molar-refractivity contribution in [2.24, 2.45) is 5.92 Å². The van der Waals surface area contributed by atoms with Crippen LogP contribution in [0, 0.1) is 5.92 Å². The molecule has 5 aromatic rings. The van der Waals surface area contributed by atoms with Crippen molar-refractivity contribution >= 4 is 56.4 Å². The molecule has 46 heavy (non-hydrogen) atoms. The molecule has 0 saturated carbocycles. The standard InChI is InChI=1S/C35H32N2O8S/c1-21(37(33(38)17-24(35(41)42)18-34(39)40)19-25-15-23-7-2-5-11-31(23)46-25)26(22-13-14-29-30(16-22)44-20-43-29)8-6-12-32-36-27-9-3-4-10-28(27)45-32/h2-7,9-16,21,24,26H,8,17-20H2,1H3,(H,39,40)(H,41,42)/b12-6+/t21-,24+,26+/m0/s1. The normalized spacial score (nSPS) is 14.5. The summed E-state index contributed by atoms with van der Waals surface area (Å²) in [6.45, 7) is 2.28. The highest BCUT2D eigenvalue weighted by Gasteiger charge is 2.33. The lowest BCUT2D eigenvalue weighted by Gasteiger charge is -2.35. The minimum atomic E-state index is -1.36. The molecular formula is C35H32N2O8S. The molecule has 0 saturated heterocycles. The number of carbonyl (C=O) groups excluding carboxylic acids is 1. The van der Waals surface area contributed by atoms with Crippen molar-refractivity contribution in [1.29, 1.82) is 0 Å². The fourth-order valence-electron chi connectivity index (χ4n) is 5.78. The molecule has 0 spiro atoms. The molecule has 3 aromatic carbocycles. The molecule has 6 rings (SSSR count). The van der Waals surface area contributed by atoms with E-state index in [1.807, 2.05) is 85.8 Å². The van der Waals surface area contributed by atoms with Crippen molar-refractivity contribution < 1.29 is 38.5 Å². The van der Waals surface area contributed by atoms with E-state index in [1.165, 1.54) is 0 Å². The summed E-state index contributed by atoms with van der Waals surface area (Å²) < 4.78 is 18.1. The average Bonchev–Trinajstić information content (AvgIpc) is 3.78. The van der Waals surface area contributed by atoms with Gasteiger partial charge in [0.15, 0.2) is 17.1 Å². The first kappa shape index (κ1) is 30.8. The van der Waals surface area contributed by atoms with Gasteiger partial charge in [0, 0.05) is 28.0 Å². The Morgan fingerprint density at radius 1 is 0.978 bits per heavy atom. The zero-order valence-corrected chi connectivity index (χ0v) is 25.8. The van der Waals surface area contributed by atoms with E-state index in [0.717, 1.165) is 26.0 Å². The number of amides is 1. The van der Waals surface area contributed by atoms with Crippen LogP contribution < -0.4 is 9.47 Å². The van der Waals surface area contributed by atoms with Gasteiger partial charge >= 0.3 is 11.9 Å². The van der Waals surface area contributed by atoms with Crippen molar-refractivity contribution in [3.05, 3.63) is 95.2 Å². The molecule has 2 N–H and O–H groups in total. The second kappa shape index (κ2) is 13.5. The quantitative estimate of drug-likeness (QED) is 0.140. The van der Waals surface area contributed by atoms with Crippen molar-refractivity contribution in [1.82, 2.24) is 9.88 Å². The monoisotopic (exact) mass is 640 g/mol. The Hall–Kier alpha value is -5.16. The molecule has 0 bridgehead atoms. The largest absolute Gasteiger partial charge is 0.481 e. The smallest absolute Gasteiger partial charge is 0.307 e. The molecule has 1 aliphatic rings. The Bertz CT molecular complexity index is 1860.